The van der Waals surface area contributed by atoms with Crippen molar-refractivity contribution in [1.82, 2.24) is 15.6 Å². The van der Waals surface area contributed by atoms with Crippen molar-refractivity contribution in [2.24, 2.45) is 5.92 Å². The second-order valence-corrected chi connectivity index (χ2v) is 4.44. The van der Waals surface area contributed by atoms with Crippen LogP contribution in [-0.2, 0) is 16.1 Å². The van der Waals surface area contributed by atoms with Gasteiger partial charge in [-0.05, 0) is 17.5 Å². The summed E-state index contributed by atoms with van der Waals surface area (Å²) in [5.74, 6) is -0.280. The first-order valence-electron chi connectivity index (χ1n) is 6.05. The number of alkyl carbamates (subject to hydrolysis) is 1. The van der Waals surface area contributed by atoms with Crippen LogP contribution in [0.4, 0.5) is 4.79 Å². The van der Waals surface area contributed by atoms with Gasteiger partial charge in [0.15, 0.2) is 0 Å². The van der Waals surface area contributed by atoms with E-state index in [2.05, 4.69) is 20.4 Å². The molecule has 0 saturated heterocycles. The molecule has 0 bridgehead atoms. The summed E-state index contributed by atoms with van der Waals surface area (Å²) in [6.07, 6.45) is 2.73. The highest BCUT2D eigenvalue weighted by Crippen LogP contribution is 2.03. The fraction of sp³-hybridized carbons (Fsp3) is 0.462. The summed E-state index contributed by atoms with van der Waals surface area (Å²) in [5.41, 5.74) is 0.899. The number of carbonyl (C=O) groups excluding carboxylic acids is 2. The molecule has 1 aromatic heterocycles. The molecule has 1 atom stereocenters. The lowest BCUT2D eigenvalue weighted by atomic mass is 10.0. The van der Waals surface area contributed by atoms with E-state index in [0.717, 1.165) is 5.56 Å². The van der Waals surface area contributed by atoms with Gasteiger partial charge in [-0.2, -0.15) is 0 Å². The molecular weight excluding hydrogens is 246 g/mol. The third-order valence-corrected chi connectivity index (χ3v) is 2.60. The van der Waals surface area contributed by atoms with E-state index in [1.807, 2.05) is 19.9 Å². The quantitative estimate of drug-likeness (QED) is 0.834. The number of nitrogens with one attached hydrogen (secondary N) is 2. The third kappa shape index (κ3) is 4.95. The van der Waals surface area contributed by atoms with Crippen molar-refractivity contribution in [2.45, 2.75) is 26.4 Å². The zero-order chi connectivity index (χ0) is 14.3. The zero-order valence-corrected chi connectivity index (χ0v) is 11.3. The minimum atomic E-state index is -0.621. The smallest absolute Gasteiger partial charge is 0.407 e. The SMILES string of the molecule is COC(=O)N[C@@H](C(=O)NCc1cccnc1)C(C)C. The molecule has 0 unspecified atom stereocenters. The Morgan fingerprint density at radius 1 is 1.42 bits per heavy atom. The number of hydrogen-bond donors (Lipinski definition) is 2. The second kappa shape index (κ2) is 7.35. The van der Waals surface area contributed by atoms with Gasteiger partial charge in [0.25, 0.3) is 0 Å². The molecule has 0 aromatic carbocycles. The standard InChI is InChI=1S/C13H19N3O3/c1-9(2)11(16-13(18)19-3)12(17)15-8-10-5-4-6-14-7-10/h4-7,9,11H,8H2,1-3H3,(H,15,17)(H,16,18)/t11-/m1/s1. The Labute approximate surface area is 112 Å². The number of carbonyl (C=O) groups is 2. The van der Waals surface area contributed by atoms with Crippen LogP contribution in [0.25, 0.3) is 0 Å². The van der Waals surface area contributed by atoms with Crippen molar-refractivity contribution in [1.29, 1.82) is 0 Å². The zero-order valence-electron chi connectivity index (χ0n) is 11.3. The Balaban J connectivity index is 2.55. The number of amides is 2. The number of ether oxygens (including phenoxy) is 1. The van der Waals surface area contributed by atoms with Gasteiger partial charge in [-0.15, -0.1) is 0 Å². The Hall–Kier alpha value is -2.11. The molecular formula is C13H19N3O3. The van der Waals surface area contributed by atoms with Crippen molar-refractivity contribution >= 4 is 12.0 Å². The van der Waals surface area contributed by atoms with Crippen LogP contribution in [-0.4, -0.2) is 30.1 Å². The molecule has 0 radical (unpaired) electrons. The monoisotopic (exact) mass is 265 g/mol. The summed E-state index contributed by atoms with van der Waals surface area (Å²) in [6, 6.07) is 3.04. The number of rotatable bonds is 5. The van der Waals surface area contributed by atoms with Gasteiger partial charge in [0.1, 0.15) is 6.04 Å². The molecule has 0 aliphatic heterocycles. The lowest BCUT2D eigenvalue weighted by Crippen LogP contribution is -2.49. The Morgan fingerprint density at radius 3 is 2.68 bits per heavy atom. The summed E-state index contributed by atoms with van der Waals surface area (Å²) in [5, 5.41) is 5.27. The van der Waals surface area contributed by atoms with E-state index in [9.17, 15) is 9.59 Å². The predicted molar refractivity (Wildman–Crippen MR) is 70.3 cm³/mol. The Morgan fingerprint density at radius 2 is 2.16 bits per heavy atom. The number of methoxy groups -OCH3 is 1. The van der Waals surface area contributed by atoms with E-state index >= 15 is 0 Å². The maximum absolute atomic E-state index is 12.0. The number of hydrogen-bond acceptors (Lipinski definition) is 4. The van der Waals surface area contributed by atoms with Crippen molar-refractivity contribution in [3.63, 3.8) is 0 Å². The molecule has 0 fully saturated rings. The van der Waals surface area contributed by atoms with Crippen LogP contribution in [0.2, 0.25) is 0 Å². The average molecular weight is 265 g/mol. The van der Waals surface area contributed by atoms with E-state index in [4.69, 9.17) is 0 Å². The lowest BCUT2D eigenvalue weighted by molar-refractivity contribution is -0.124. The maximum atomic E-state index is 12.0. The fourth-order valence-corrected chi connectivity index (χ4v) is 1.52. The van der Waals surface area contributed by atoms with Crippen LogP contribution in [0.1, 0.15) is 19.4 Å². The van der Waals surface area contributed by atoms with Crippen molar-refractivity contribution in [3.05, 3.63) is 30.1 Å². The van der Waals surface area contributed by atoms with Crippen molar-refractivity contribution in [3.8, 4) is 0 Å². The molecule has 0 spiro atoms. The normalized spacial score (nSPS) is 11.8. The molecule has 0 aliphatic carbocycles. The molecule has 0 aliphatic rings. The first kappa shape index (κ1) is 14.9. The summed E-state index contributed by atoms with van der Waals surface area (Å²) in [6.45, 7) is 4.08. The van der Waals surface area contributed by atoms with Crippen LogP contribution >= 0.6 is 0 Å². The molecule has 19 heavy (non-hydrogen) atoms. The molecule has 1 rings (SSSR count). The number of aromatic nitrogens is 1. The van der Waals surface area contributed by atoms with Gasteiger partial charge < -0.3 is 15.4 Å². The summed E-state index contributed by atoms with van der Waals surface area (Å²) < 4.78 is 4.50. The van der Waals surface area contributed by atoms with Crippen molar-refractivity contribution in [2.75, 3.05) is 7.11 Å². The molecule has 104 valence electrons. The molecule has 0 saturated carbocycles. The number of pyridine rings is 1. The van der Waals surface area contributed by atoms with Crippen LogP contribution in [0, 0.1) is 5.92 Å². The van der Waals surface area contributed by atoms with Crippen molar-refractivity contribution < 1.29 is 14.3 Å². The minimum Gasteiger partial charge on any atom is -0.453 e. The Kier molecular flexibility index (Phi) is 5.78. The predicted octanol–water partition coefficient (Wildman–Crippen LogP) is 1.08. The molecule has 1 heterocycles. The second-order valence-electron chi connectivity index (χ2n) is 4.44. The van der Waals surface area contributed by atoms with Gasteiger partial charge >= 0.3 is 6.09 Å². The molecule has 1 aromatic rings. The van der Waals surface area contributed by atoms with Crippen LogP contribution < -0.4 is 10.6 Å². The Bertz CT molecular complexity index is 420. The average Bonchev–Trinajstić information content (AvgIpc) is 2.42. The molecule has 6 heteroatoms. The summed E-state index contributed by atoms with van der Waals surface area (Å²) >= 11 is 0. The highest BCUT2D eigenvalue weighted by Gasteiger charge is 2.24. The lowest BCUT2D eigenvalue weighted by Gasteiger charge is -2.20. The fourth-order valence-electron chi connectivity index (χ4n) is 1.52. The van der Waals surface area contributed by atoms with E-state index < -0.39 is 12.1 Å². The highest BCUT2D eigenvalue weighted by atomic mass is 16.5. The van der Waals surface area contributed by atoms with Gasteiger partial charge in [0, 0.05) is 18.9 Å². The van der Waals surface area contributed by atoms with E-state index in [0.29, 0.717) is 6.54 Å². The summed E-state index contributed by atoms with van der Waals surface area (Å²) in [4.78, 5) is 27.2. The maximum Gasteiger partial charge on any atom is 0.407 e. The molecule has 6 nitrogen and oxygen atoms in total. The van der Waals surface area contributed by atoms with E-state index in [1.165, 1.54) is 7.11 Å². The molecule has 2 N–H and O–H groups in total. The summed E-state index contributed by atoms with van der Waals surface area (Å²) in [7, 11) is 1.26. The largest absolute Gasteiger partial charge is 0.453 e. The first-order chi connectivity index (χ1) is 9.04. The van der Waals surface area contributed by atoms with Crippen LogP contribution in [0.3, 0.4) is 0 Å². The van der Waals surface area contributed by atoms with Gasteiger partial charge in [-0.25, -0.2) is 4.79 Å². The van der Waals surface area contributed by atoms with Crippen LogP contribution in [0.15, 0.2) is 24.5 Å². The topological polar surface area (TPSA) is 80.3 Å². The third-order valence-electron chi connectivity index (χ3n) is 2.60. The highest BCUT2D eigenvalue weighted by molar-refractivity contribution is 5.85. The van der Waals surface area contributed by atoms with E-state index in [-0.39, 0.29) is 11.8 Å². The minimum absolute atomic E-state index is 0.0343. The first-order valence-corrected chi connectivity index (χ1v) is 6.05. The van der Waals surface area contributed by atoms with Gasteiger partial charge in [0.2, 0.25) is 5.91 Å². The number of nitrogens with zero attached hydrogens (tertiary/aromatic N) is 1. The van der Waals surface area contributed by atoms with Gasteiger partial charge in [-0.1, -0.05) is 19.9 Å². The van der Waals surface area contributed by atoms with Crippen LogP contribution in [0.5, 0.6) is 0 Å². The van der Waals surface area contributed by atoms with E-state index in [1.54, 1.807) is 18.5 Å². The van der Waals surface area contributed by atoms with Gasteiger partial charge in [-0.3, -0.25) is 9.78 Å². The molecule has 2 amide bonds. The van der Waals surface area contributed by atoms with Gasteiger partial charge in [0.05, 0.1) is 7.11 Å².